The van der Waals surface area contributed by atoms with Crippen LogP contribution in [-0.2, 0) is 20.7 Å². The summed E-state index contributed by atoms with van der Waals surface area (Å²) in [5.74, 6) is 0.00802. The van der Waals surface area contributed by atoms with Crippen molar-refractivity contribution >= 4 is 23.4 Å². The molecule has 0 heterocycles. The van der Waals surface area contributed by atoms with Crippen LogP contribution in [0.15, 0.2) is 18.2 Å². The van der Waals surface area contributed by atoms with Crippen molar-refractivity contribution in [2.24, 2.45) is 0 Å². The largest absolute Gasteiger partial charge is 0.484 e. The van der Waals surface area contributed by atoms with E-state index in [-0.39, 0.29) is 24.8 Å². The van der Waals surface area contributed by atoms with Gasteiger partial charge in [0.05, 0.1) is 18.6 Å². The van der Waals surface area contributed by atoms with Gasteiger partial charge in [0, 0.05) is 0 Å². The number of benzene rings is 1. The van der Waals surface area contributed by atoms with Gasteiger partial charge in [-0.15, -0.1) is 0 Å². The number of esters is 1. The van der Waals surface area contributed by atoms with Crippen molar-refractivity contribution in [2.45, 2.75) is 13.3 Å². The summed E-state index contributed by atoms with van der Waals surface area (Å²) in [6, 6.07) is 4.95. The van der Waals surface area contributed by atoms with E-state index in [0.29, 0.717) is 10.8 Å². The smallest absolute Gasteiger partial charge is 0.309 e. The van der Waals surface area contributed by atoms with E-state index in [0.717, 1.165) is 5.56 Å². The van der Waals surface area contributed by atoms with Crippen molar-refractivity contribution < 1.29 is 19.1 Å². The average molecular weight is 257 g/mol. The minimum atomic E-state index is -0.335. The lowest BCUT2D eigenvalue weighted by atomic mass is 10.1. The predicted octanol–water partition coefficient (Wildman–Crippen LogP) is 2.02. The van der Waals surface area contributed by atoms with Gasteiger partial charge in [-0.2, -0.15) is 0 Å². The van der Waals surface area contributed by atoms with Gasteiger partial charge < -0.3 is 9.47 Å². The van der Waals surface area contributed by atoms with Crippen LogP contribution in [-0.4, -0.2) is 25.5 Å². The lowest BCUT2D eigenvalue weighted by Gasteiger charge is -2.07. The molecule has 0 fully saturated rings. The molecule has 0 aliphatic rings. The second-order valence-corrected chi connectivity index (χ2v) is 3.92. The molecule has 0 saturated carbocycles. The molecule has 0 aromatic heterocycles. The van der Waals surface area contributed by atoms with E-state index in [1.54, 1.807) is 18.2 Å². The number of ketones is 1. The minimum Gasteiger partial charge on any atom is -0.484 e. The highest BCUT2D eigenvalue weighted by atomic mass is 35.5. The Kier molecular flexibility index (Phi) is 4.97. The SMILES string of the molecule is COC(=O)Cc1ccc(OCC(C)=O)c(Cl)c1. The number of methoxy groups -OCH3 is 1. The fraction of sp³-hybridized carbons (Fsp3) is 0.333. The quantitative estimate of drug-likeness (QED) is 0.757. The van der Waals surface area contributed by atoms with E-state index < -0.39 is 0 Å². The summed E-state index contributed by atoms with van der Waals surface area (Å²) in [5, 5.41) is 0.368. The molecule has 4 nitrogen and oxygen atoms in total. The van der Waals surface area contributed by atoms with Gasteiger partial charge in [0.2, 0.25) is 0 Å². The van der Waals surface area contributed by atoms with Crippen LogP contribution in [0, 0.1) is 0 Å². The van der Waals surface area contributed by atoms with Gasteiger partial charge in [-0.05, 0) is 24.6 Å². The van der Waals surface area contributed by atoms with Gasteiger partial charge in [-0.3, -0.25) is 9.59 Å². The van der Waals surface area contributed by atoms with E-state index in [2.05, 4.69) is 4.74 Å². The molecule has 0 radical (unpaired) electrons. The third-order valence-electron chi connectivity index (χ3n) is 2.00. The first-order chi connectivity index (χ1) is 8.02. The zero-order valence-corrected chi connectivity index (χ0v) is 10.4. The van der Waals surface area contributed by atoms with Crippen molar-refractivity contribution in [1.29, 1.82) is 0 Å². The molecule has 17 heavy (non-hydrogen) atoms. The van der Waals surface area contributed by atoms with E-state index in [1.807, 2.05) is 0 Å². The number of hydrogen-bond acceptors (Lipinski definition) is 4. The Bertz CT molecular complexity index is 429. The highest BCUT2D eigenvalue weighted by Crippen LogP contribution is 2.25. The standard InChI is InChI=1S/C12H13ClO4/c1-8(14)7-17-11-4-3-9(5-10(11)13)6-12(15)16-2/h3-5H,6-7H2,1-2H3. The van der Waals surface area contributed by atoms with Crippen LogP contribution < -0.4 is 4.74 Å². The van der Waals surface area contributed by atoms with Crippen molar-refractivity contribution in [3.05, 3.63) is 28.8 Å². The first-order valence-electron chi connectivity index (χ1n) is 5.00. The fourth-order valence-electron chi connectivity index (χ4n) is 1.19. The first kappa shape index (κ1) is 13.5. The molecule has 0 aliphatic heterocycles. The number of carbonyl (C=O) groups is 2. The molecule has 0 N–H and O–H groups in total. The van der Waals surface area contributed by atoms with Gasteiger partial charge in [0.1, 0.15) is 12.4 Å². The zero-order valence-electron chi connectivity index (χ0n) is 9.66. The monoisotopic (exact) mass is 256 g/mol. The summed E-state index contributed by atoms with van der Waals surface area (Å²) < 4.78 is 9.73. The summed E-state index contributed by atoms with van der Waals surface area (Å²) in [6.07, 6.45) is 0.156. The topological polar surface area (TPSA) is 52.6 Å². The van der Waals surface area contributed by atoms with Gasteiger partial charge in [0.25, 0.3) is 0 Å². The summed E-state index contributed by atoms with van der Waals surface area (Å²) in [5.41, 5.74) is 0.733. The number of halogens is 1. The Morgan fingerprint density at radius 3 is 2.59 bits per heavy atom. The first-order valence-corrected chi connectivity index (χ1v) is 5.38. The van der Waals surface area contributed by atoms with Gasteiger partial charge in [0.15, 0.2) is 5.78 Å². The molecular formula is C12H13ClO4. The predicted molar refractivity (Wildman–Crippen MR) is 63.3 cm³/mol. The van der Waals surface area contributed by atoms with E-state index in [4.69, 9.17) is 16.3 Å². The number of hydrogen-bond donors (Lipinski definition) is 0. The summed E-state index contributed by atoms with van der Waals surface area (Å²) in [6.45, 7) is 1.41. The fourth-order valence-corrected chi connectivity index (χ4v) is 1.45. The second kappa shape index (κ2) is 6.25. The Hall–Kier alpha value is -1.55. The molecule has 1 rings (SSSR count). The zero-order chi connectivity index (χ0) is 12.8. The minimum absolute atomic E-state index is 0.0178. The Balaban J connectivity index is 2.72. The maximum Gasteiger partial charge on any atom is 0.309 e. The lowest BCUT2D eigenvalue weighted by Crippen LogP contribution is -2.07. The van der Waals surface area contributed by atoms with Gasteiger partial charge in [-0.25, -0.2) is 0 Å². The molecule has 5 heteroatoms. The molecule has 1 aromatic rings. The highest BCUT2D eigenvalue weighted by Gasteiger charge is 2.07. The summed E-state index contributed by atoms with van der Waals surface area (Å²) >= 11 is 5.95. The van der Waals surface area contributed by atoms with Crippen LogP contribution in [0.2, 0.25) is 5.02 Å². The highest BCUT2D eigenvalue weighted by molar-refractivity contribution is 6.32. The van der Waals surface area contributed by atoms with Crippen molar-refractivity contribution in [3.63, 3.8) is 0 Å². The van der Waals surface area contributed by atoms with Crippen molar-refractivity contribution in [2.75, 3.05) is 13.7 Å². The van der Waals surface area contributed by atoms with Crippen LogP contribution in [0.1, 0.15) is 12.5 Å². The summed E-state index contributed by atoms with van der Waals surface area (Å²) in [4.78, 5) is 21.8. The average Bonchev–Trinajstić information content (AvgIpc) is 2.27. The third kappa shape index (κ3) is 4.44. The van der Waals surface area contributed by atoms with Crippen LogP contribution in [0.25, 0.3) is 0 Å². The molecule has 0 unspecified atom stereocenters. The number of rotatable bonds is 5. The van der Waals surface area contributed by atoms with Gasteiger partial charge in [-0.1, -0.05) is 17.7 Å². The molecule has 0 aliphatic carbocycles. The number of ether oxygens (including phenoxy) is 2. The molecule has 0 atom stereocenters. The molecule has 0 bridgehead atoms. The number of Topliss-reactive ketones (excluding diaryl/α,β-unsaturated/α-hetero) is 1. The third-order valence-corrected chi connectivity index (χ3v) is 2.30. The molecule has 92 valence electrons. The maximum atomic E-state index is 11.1. The van der Waals surface area contributed by atoms with Crippen molar-refractivity contribution in [3.8, 4) is 5.75 Å². The normalized spacial score (nSPS) is 9.82. The van der Waals surface area contributed by atoms with E-state index in [1.165, 1.54) is 14.0 Å². The van der Waals surface area contributed by atoms with Crippen LogP contribution in [0.3, 0.4) is 0 Å². The molecule has 1 aromatic carbocycles. The molecule has 0 saturated heterocycles. The molecular weight excluding hydrogens is 244 g/mol. The molecule has 0 amide bonds. The van der Waals surface area contributed by atoms with Crippen LogP contribution >= 0.6 is 11.6 Å². The second-order valence-electron chi connectivity index (χ2n) is 3.51. The van der Waals surface area contributed by atoms with Crippen LogP contribution in [0.5, 0.6) is 5.75 Å². The van der Waals surface area contributed by atoms with E-state index >= 15 is 0 Å². The number of carbonyl (C=O) groups excluding carboxylic acids is 2. The van der Waals surface area contributed by atoms with Gasteiger partial charge >= 0.3 is 5.97 Å². The Morgan fingerprint density at radius 1 is 1.35 bits per heavy atom. The van der Waals surface area contributed by atoms with E-state index in [9.17, 15) is 9.59 Å². The van der Waals surface area contributed by atoms with Crippen LogP contribution in [0.4, 0.5) is 0 Å². The summed E-state index contributed by atoms with van der Waals surface area (Å²) in [7, 11) is 1.33. The van der Waals surface area contributed by atoms with Crippen molar-refractivity contribution in [1.82, 2.24) is 0 Å². The molecule has 0 spiro atoms. The Morgan fingerprint density at radius 2 is 2.06 bits per heavy atom. The maximum absolute atomic E-state index is 11.1. The Labute approximate surface area is 104 Å². The lowest BCUT2D eigenvalue weighted by molar-refractivity contribution is -0.139.